The van der Waals surface area contributed by atoms with Gasteiger partial charge in [0.05, 0.1) is 23.3 Å². The first kappa shape index (κ1) is 13.0. The van der Waals surface area contributed by atoms with Crippen LogP contribution in [0.25, 0.3) is 11.4 Å². The van der Waals surface area contributed by atoms with Gasteiger partial charge in [0.25, 0.3) is 0 Å². The fourth-order valence-electron chi connectivity index (χ4n) is 1.65. The Morgan fingerprint density at radius 2 is 1.83 bits per heavy atom. The monoisotopic (exact) mass is 274 g/mol. The standard InChI is InChI=1S/C12H10ClF3N2/c1-18-10(6-13)7-17-11(18)8-2-4-9(5-3-8)12(14,15)16/h2-5,7H,6H2,1H3. The number of nitrogens with zero attached hydrogens (tertiary/aromatic N) is 2. The molecule has 0 fully saturated rings. The molecule has 0 saturated carbocycles. The molecule has 0 aliphatic heterocycles. The van der Waals surface area contributed by atoms with Crippen LogP contribution in [0.1, 0.15) is 11.3 Å². The van der Waals surface area contributed by atoms with Gasteiger partial charge in [0.15, 0.2) is 0 Å². The van der Waals surface area contributed by atoms with E-state index in [2.05, 4.69) is 4.98 Å². The quantitative estimate of drug-likeness (QED) is 0.761. The van der Waals surface area contributed by atoms with E-state index in [1.165, 1.54) is 12.1 Å². The van der Waals surface area contributed by atoms with Gasteiger partial charge in [0.1, 0.15) is 5.82 Å². The summed E-state index contributed by atoms with van der Waals surface area (Å²) in [6.45, 7) is 0. The Morgan fingerprint density at radius 1 is 1.22 bits per heavy atom. The zero-order chi connectivity index (χ0) is 13.3. The molecule has 2 aromatic rings. The number of aromatic nitrogens is 2. The smallest absolute Gasteiger partial charge is 0.330 e. The molecule has 0 bridgehead atoms. The molecular weight excluding hydrogens is 265 g/mol. The first-order valence-electron chi connectivity index (χ1n) is 5.17. The molecule has 0 N–H and O–H groups in total. The van der Waals surface area contributed by atoms with Crippen molar-refractivity contribution in [2.75, 3.05) is 0 Å². The van der Waals surface area contributed by atoms with Crippen LogP contribution in [0, 0.1) is 0 Å². The summed E-state index contributed by atoms with van der Waals surface area (Å²) >= 11 is 5.71. The molecule has 96 valence electrons. The minimum absolute atomic E-state index is 0.310. The van der Waals surface area contributed by atoms with E-state index < -0.39 is 11.7 Å². The second-order valence-corrected chi connectivity index (χ2v) is 4.11. The van der Waals surface area contributed by atoms with Crippen LogP contribution in [-0.2, 0) is 19.1 Å². The van der Waals surface area contributed by atoms with Crippen LogP contribution in [0.4, 0.5) is 13.2 Å². The lowest BCUT2D eigenvalue weighted by molar-refractivity contribution is -0.137. The van der Waals surface area contributed by atoms with Gasteiger partial charge in [0.2, 0.25) is 0 Å². The summed E-state index contributed by atoms with van der Waals surface area (Å²) in [5.74, 6) is 0.906. The Kier molecular flexibility index (Phi) is 3.34. The predicted molar refractivity (Wildman–Crippen MR) is 63.2 cm³/mol. The Balaban J connectivity index is 2.37. The molecule has 0 saturated heterocycles. The number of rotatable bonds is 2. The third-order valence-electron chi connectivity index (χ3n) is 2.69. The van der Waals surface area contributed by atoms with Crippen molar-refractivity contribution in [1.29, 1.82) is 0 Å². The maximum absolute atomic E-state index is 12.4. The average Bonchev–Trinajstić information content (AvgIpc) is 2.69. The fraction of sp³-hybridized carbons (Fsp3) is 0.250. The molecule has 2 rings (SSSR count). The normalized spacial score (nSPS) is 11.8. The van der Waals surface area contributed by atoms with Crippen LogP contribution in [0.5, 0.6) is 0 Å². The Hall–Kier alpha value is -1.49. The fourth-order valence-corrected chi connectivity index (χ4v) is 1.89. The maximum Gasteiger partial charge on any atom is 0.416 e. The molecule has 0 amide bonds. The lowest BCUT2D eigenvalue weighted by atomic mass is 10.1. The molecular formula is C12H10ClF3N2. The van der Waals surface area contributed by atoms with Gasteiger partial charge in [-0.15, -0.1) is 11.6 Å². The van der Waals surface area contributed by atoms with Crippen LogP contribution < -0.4 is 0 Å². The van der Waals surface area contributed by atoms with Crippen LogP contribution in [0.3, 0.4) is 0 Å². The van der Waals surface area contributed by atoms with E-state index in [1.54, 1.807) is 17.8 Å². The van der Waals surface area contributed by atoms with Crippen LogP contribution in [0.2, 0.25) is 0 Å². The maximum atomic E-state index is 12.4. The molecule has 0 radical (unpaired) electrons. The van der Waals surface area contributed by atoms with Crippen LogP contribution in [-0.4, -0.2) is 9.55 Å². The second-order valence-electron chi connectivity index (χ2n) is 3.84. The molecule has 0 aliphatic rings. The highest BCUT2D eigenvalue weighted by Gasteiger charge is 2.30. The number of benzene rings is 1. The molecule has 6 heteroatoms. The van der Waals surface area contributed by atoms with E-state index in [-0.39, 0.29) is 0 Å². The van der Waals surface area contributed by atoms with Crippen molar-refractivity contribution in [1.82, 2.24) is 9.55 Å². The molecule has 18 heavy (non-hydrogen) atoms. The molecule has 2 nitrogen and oxygen atoms in total. The summed E-state index contributed by atoms with van der Waals surface area (Å²) in [7, 11) is 1.78. The molecule has 0 aliphatic carbocycles. The average molecular weight is 275 g/mol. The van der Waals surface area contributed by atoms with Gasteiger partial charge in [-0.2, -0.15) is 13.2 Å². The molecule has 0 spiro atoms. The second kappa shape index (κ2) is 4.65. The van der Waals surface area contributed by atoms with E-state index in [0.29, 0.717) is 17.3 Å². The highest BCUT2D eigenvalue weighted by atomic mass is 35.5. The Bertz CT molecular complexity index is 543. The summed E-state index contributed by atoms with van der Waals surface area (Å²) < 4.78 is 39.0. The number of hydrogen-bond acceptors (Lipinski definition) is 1. The minimum atomic E-state index is -4.32. The summed E-state index contributed by atoms with van der Waals surface area (Å²) in [5.41, 5.74) is 0.770. The van der Waals surface area contributed by atoms with Crippen molar-refractivity contribution in [3.05, 3.63) is 41.7 Å². The van der Waals surface area contributed by atoms with Gasteiger partial charge in [-0.3, -0.25) is 0 Å². The third-order valence-corrected chi connectivity index (χ3v) is 2.97. The molecule has 0 unspecified atom stereocenters. The largest absolute Gasteiger partial charge is 0.416 e. The zero-order valence-electron chi connectivity index (χ0n) is 9.50. The van der Waals surface area contributed by atoms with Gasteiger partial charge >= 0.3 is 6.18 Å². The minimum Gasteiger partial charge on any atom is -0.330 e. The summed E-state index contributed by atoms with van der Waals surface area (Å²) in [5, 5.41) is 0. The van der Waals surface area contributed by atoms with Crippen molar-refractivity contribution in [3.63, 3.8) is 0 Å². The van der Waals surface area contributed by atoms with E-state index in [0.717, 1.165) is 17.8 Å². The summed E-state index contributed by atoms with van der Waals surface area (Å²) in [6, 6.07) is 4.90. The van der Waals surface area contributed by atoms with Gasteiger partial charge in [0, 0.05) is 12.6 Å². The zero-order valence-corrected chi connectivity index (χ0v) is 10.3. The van der Waals surface area contributed by atoms with Crippen molar-refractivity contribution >= 4 is 11.6 Å². The molecule has 1 aromatic carbocycles. The van der Waals surface area contributed by atoms with Crippen molar-refractivity contribution < 1.29 is 13.2 Å². The van der Waals surface area contributed by atoms with Gasteiger partial charge in [-0.05, 0) is 12.1 Å². The van der Waals surface area contributed by atoms with Crippen LogP contribution in [0.15, 0.2) is 30.5 Å². The predicted octanol–water partition coefficient (Wildman–Crippen LogP) is 3.84. The number of halogens is 4. The van der Waals surface area contributed by atoms with Gasteiger partial charge in [-0.25, -0.2) is 4.98 Å². The van der Waals surface area contributed by atoms with E-state index in [9.17, 15) is 13.2 Å². The van der Waals surface area contributed by atoms with E-state index >= 15 is 0 Å². The van der Waals surface area contributed by atoms with Gasteiger partial charge in [-0.1, -0.05) is 12.1 Å². The SMILES string of the molecule is Cn1c(CCl)cnc1-c1ccc(C(F)(F)F)cc1. The summed E-state index contributed by atoms with van der Waals surface area (Å²) in [4.78, 5) is 4.15. The number of imidazole rings is 1. The first-order chi connectivity index (χ1) is 8.43. The number of hydrogen-bond donors (Lipinski definition) is 0. The van der Waals surface area contributed by atoms with Gasteiger partial charge < -0.3 is 4.57 Å². The Morgan fingerprint density at radius 3 is 2.28 bits per heavy atom. The number of alkyl halides is 4. The van der Waals surface area contributed by atoms with Crippen molar-refractivity contribution in [3.8, 4) is 11.4 Å². The van der Waals surface area contributed by atoms with Crippen molar-refractivity contribution in [2.45, 2.75) is 12.1 Å². The topological polar surface area (TPSA) is 17.8 Å². The molecule has 0 atom stereocenters. The highest BCUT2D eigenvalue weighted by Crippen LogP contribution is 2.30. The van der Waals surface area contributed by atoms with E-state index in [4.69, 9.17) is 11.6 Å². The highest BCUT2D eigenvalue weighted by molar-refractivity contribution is 6.16. The van der Waals surface area contributed by atoms with Crippen molar-refractivity contribution in [2.24, 2.45) is 7.05 Å². The van der Waals surface area contributed by atoms with E-state index in [1.807, 2.05) is 0 Å². The first-order valence-corrected chi connectivity index (χ1v) is 5.71. The Labute approximate surface area is 107 Å². The molecule has 1 heterocycles. The lowest BCUT2D eigenvalue weighted by Crippen LogP contribution is -2.04. The van der Waals surface area contributed by atoms with Crippen LogP contribution >= 0.6 is 11.6 Å². The molecule has 1 aromatic heterocycles. The lowest BCUT2D eigenvalue weighted by Gasteiger charge is -2.08. The third kappa shape index (κ3) is 2.36. The summed E-state index contributed by atoms with van der Waals surface area (Å²) in [6.07, 6.45) is -2.71.